The Morgan fingerprint density at radius 1 is 1.20 bits per heavy atom. The van der Waals surface area contributed by atoms with Crippen molar-refractivity contribution in [3.05, 3.63) is 46.3 Å². The summed E-state index contributed by atoms with van der Waals surface area (Å²) in [6, 6.07) is 8.04. The van der Waals surface area contributed by atoms with Crippen LogP contribution in [0.1, 0.15) is 29.8 Å². The number of amides is 1. The molecule has 0 fully saturated rings. The number of nitrogens with one attached hydrogen (secondary N) is 1. The fourth-order valence-electron chi connectivity index (χ4n) is 1.92. The number of rotatable bonds is 6. The average molecular weight is 275 g/mol. The van der Waals surface area contributed by atoms with Crippen LogP contribution in [0.15, 0.2) is 39.5 Å². The Morgan fingerprint density at radius 3 is 2.80 bits per heavy atom. The Labute approximate surface area is 116 Å². The number of aliphatic hydroxyl groups is 1. The molecule has 0 radical (unpaired) electrons. The van der Waals surface area contributed by atoms with Crippen molar-refractivity contribution in [2.45, 2.75) is 19.3 Å². The average Bonchev–Trinajstić information content (AvgIpc) is 2.47. The number of hydrogen-bond acceptors (Lipinski definition) is 4. The molecule has 0 atom stereocenters. The molecule has 20 heavy (non-hydrogen) atoms. The zero-order chi connectivity index (χ0) is 14.4. The predicted octanol–water partition coefficient (Wildman–Crippen LogP) is 1.69. The second-order valence-electron chi connectivity index (χ2n) is 4.51. The molecule has 0 aliphatic rings. The highest BCUT2D eigenvalue weighted by molar-refractivity contribution is 5.93. The molecule has 0 aliphatic carbocycles. The minimum atomic E-state index is -0.392. The summed E-state index contributed by atoms with van der Waals surface area (Å²) in [5, 5.41) is 11.8. The third-order valence-electron chi connectivity index (χ3n) is 2.98. The van der Waals surface area contributed by atoms with Crippen LogP contribution in [0.2, 0.25) is 0 Å². The normalized spacial score (nSPS) is 10.7. The summed E-state index contributed by atoms with van der Waals surface area (Å²) < 4.78 is 5.43. The van der Waals surface area contributed by atoms with Gasteiger partial charge in [-0.25, -0.2) is 0 Å². The van der Waals surface area contributed by atoms with Crippen LogP contribution >= 0.6 is 0 Å². The topological polar surface area (TPSA) is 79.5 Å². The zero-order valence-corrected chi connectivity index (χ0v) is 11.1. The zero-order valence-electron chi connectivity index (χ0n) is 11.1. The first kappa shape index (κ1) is 14.3. The molecule has 1 aromatic heterocycles. The maximum Gasteiger partial charge on any atom is 0.287 e. The molecule has 0 spiro atoms. The fourth-order valence-corrected chi connectivity index (χ4v) is 1.92. The summed E-state index contributed by atoms with van der Waals surface area (Å²) in [5.74, 6) is -0.368. The minimum absolute atomic E-state index is 0.0239. The lowest BCUT2D eigenvalue weighted by Crippen LogP contribution is -2.25. The molecule has 0 aliphatic heterocycles. The predicted molar refractivity (Wildman–Crippen MR) is 75.8 cm³/mol. The van der Waals surface area contributed by atoms with Gasteiger partial charge in [-0.2, -0.15) is 0 Å². The molecule has 106 valence electrons. The largest absolute Gasteiger partial charge is 0.451 e. The van der Waals surface area contributed by atoms with Crippen LogP contribution < -0.4 is 10.7 Å². The molecule has 0 bridgehead atoms. The van der Waals surface area contributed by atoms with E-state index < -0.39 is 5.91 Å². The molecule has 1 amide bonds. The molecule has 0 unspecified atom stereocenters. The van der Waals surface area contributed by atoms with Crippen LogP contribution in [0, 0.1) is 0 Å². The molecule has 2 aromatic rings. The van der Waals surface area contributed by atoms with E-state index in [4.69, 9.17) is 9.52 Å². The van der Waals surface area contributed by atoms with E-state index in [0.29, 0.717) is 17.5 Å². The van der Waals surface area contributed by atoms with Gasteiger partial charge >= 0.3 is 0 Å². The van der Waals surface area contributed by atoms with Crippen LogP contribution in [0.4, 0.5) is 0 Å². The Kier molecular flexibility index (Phi) is 4.90. The molecule has 1 heterocycles. The van der Waals surface area contributed by atoms with Crippen molar-refractivity contribution >= 4 is 16.9 Å². The summed E-state index contributed by atoms with van der Waals surface area (Å²) in [7, 11) is 0. The number of para-hydroxylation sites is 1. The summed E-state index contributed by atoms with van der Waals surface area (Å²) in [6.07, 6.45) is 2.35. The van der Waals surface area contributed by atoms with Crippen molar-refractivity contribution in [3.63, 3.8) is 0 Å². The van der Waals surface area contributed by atoms with Crippen molar-refractivity contribution in [3.8, 4) is 0 Å². The van der Waals surface area contributed by atoms with Crippen LogP contribution in [0.25, 0.3) is 11.0 Å². The second-order valence-corrected chi connectivity index (χ2v) is 4.51. The number of aliphatic hydroxyl groups excluding tert-OH is 1. The highest BCUT2D eigenvalue weighted by atomic mass is 16.3. The third kappa shape index (κ3) is 3.45. The molecule has 5 heteroatoms. The van der Waals surface area contributed by atoms with E-state index in [2.05, 4.69) is 5.32 Å². The number of fused-ring (bicyclic) bond motifs is 1. The highest BCUT2D eigenvalue weighted by Crippen LogP contribution is 2.11. The minimum Gasteiger partial charge on any atom is -0.451 e. The Hall–Kier alpha value is -2.14. The smallest absolute Gasteiger partial charge is 0.287 e. The van der Waals surface area contributed by atoms with E-state index in [0.717, 1.165) is 19.3 Å². The first-order valence-electron chi connectivity index (χ1n) is 6.64. The van der Waals surface area contributed by atoms with Gasteiger partial charge in [-0.3, -0.25) is 9.59 Å². The van der Waals surface area contributed by atoms with Crippen molar-refractivity contribution in [2.24, 2.45) is 0 Å². The number of hydrogen-bond donors (Lipinski definition) is 2. The SMILES string of the molecule is O=C(NCCCCCO)c1cc(=O)c2ccccc2o1. The maximum atomic E-state index is 11.9. The highest BCUT2D eigenvalue weighted by Gasteiger charge is 2.11. The Bertz CT molecular complexity index is 648. The summed E-state index contributed by atoms with van der Waals surface area (Å²) in [6.45, 7) is 0.656. The monoisotopic (exact) mass is 275 g/mol. The lowest BCUT2D eigenvalue weighted by molar-refractivity contribution is 0.0925. The fraction of sp³-hybridized carbons (Fsp3) is 0.333. The van der Waals surface area contributed by atoms with Gasteiger partial charge in [0.05, 0.1) is 5.39 Å². The molecule has 0 saturated carbocycles. The van der Waals surface area contributed by atoms with E-state index in [1.54, 1.807) is 24.3 Å². The van der Waals surface area contributed by atoms with Crippen molar-refractivity contribution in [1.82, 2.24) is 5.32 Å². The molecule has 5 nitrogen and oxygen atoms in total. The van der Waals surface area contributed by atoms with Crippen molar-refractivity contribution in [2.75, 3.05) is 13.2 Å². The van der Waals surface area contributed by atoms with E-state index in [1.807, 2.05) is 0 Å². The van der Waals surface area contributed by atoms with E-state index in [9.17, 15) is 9.59 Å². The summed E-state index contributed by atoms with van der Waals surface area (Å²) in [4.78, 5) is 23.7. The molecule has 2 N–H and O–H groups in total. The molecule has 0 saturated heterocycles. The lowest BCUT2D eigenvalue weighted by Gasteiger charge is -2.05. The van der Waals surface area contributed by atoms with Crippen LogP contribution in [0.5, 0.6) is 0 Å². The Balaban J connectivity index is 2.05. The van der Waals surface area contributed by atoms with Gasteiger partial charge in [-0.15, -0.1) is 0 Å². The van der Waals surface area contributed by atoms with Gasteiger partial charge in [-0.1, -0.05) is 12.1 Å². The number of unbranched alkanes of at least 4 members (excludes halogenated alkanes) is 2. The quantitative estimate of drug-likeness (QED) is 0.786. The molecule has 2 rings (SSSR count). The number of carbonyl (C=O) groups excluding carboxylic acids is 1. The van der Waals surface area contributed by atoms with Gasteiger partial charge < -0.3 is 14.8 Å². The van der Waals surface area contributed by atoms with Crippen LogP contribution in [-0.2, 0) is 0 Å². The van der Waals surface area contributed by atoms with Gasteiger partial charge in [0.1, 0.15) is 5.58 Å². The van der Waals surface area contributed by atoms with Crippen molar-refractivity contribution < 1.29 is 14.3 Å². The van der Waals surface area contributed by atoms with E-state index in [-0.39, 0.29) is 17.8 Å². The standard InChI is InChI=1S/C15H17NO4/c17-9-5-1-4-8-16-15(19)14-10-12(18)11-6-2-3-7-13(11)20-14/h2-3,6-7,10,17H,1,4-5,8-9H2,(H,16,19). The Morgan fingerprint density at radius 2 is 2.00 bits per heavy atom. The summed E-state index contributed by atoms with van der Waals surface area (Å²) >= 11 is 0. The van der Waals surface area contributed by atoms with E-state index in [1.165, 1.54) is 6.07 Å². The third-order valence-corrected chi connectivity index (χ3v) is 2.98. The number of carbonyl (C=O) groups is 1. The molecule has 1 aromatic carbocycles. The van der Waals surface area contributed by atoms with Gasteiger partial charge in [0.15, 0.2) is 11.2 Å². The van der Waals surface area contributed by atoms with Gasteiger partial charge in [0.25, 0.3) is 5.91 Å². The molecular weight excluding hydrogens is 258 g/mol. The van der Waals surface area contributed by atoms with Crippen molar-refractivity contribution in [1.29, 1.82) is 0 Å². The van der Waals surface area contributed by atoms with Gasteiger partial charge in [0.2, 0.25) is 0 Å². The van der Waals surface area contributed by atoms with Crippen LogP contribution in [0.3, 0.4) is 0 Å². The molecular formula is C15H17NO4. The second kappa shape index (κ2) is 6.86. The summed E-state index contributed by atoms with van der Waals surface area (Å²) in [5.41, 5.74) is 0.183. The van der Waals surface area contributed by atoms with Gasteiger partial charge in [0, 0.05) is 19.2 Å². The number of benzene rings is 1. The first-order chi connectivity index (χ1) is 9.72. The van der Waals surface area contributed by atoms with Gasteiger partial charge in [-0.05, 0) is 31.4 Å². The van der Waals surface area contributed by atoms with E-state index >= 15 is 0 Å². The van der Waals surface area contributed by atoms with Crippen LogP contribution in [-0.4, -0.2) is 24.2 Å². The first-order valence-corrected chi connectivity index (χ1v) is 6.64. The maximum absolute atomic E-state index is 11.9. The lowest BCUT2D eigenvalue weighted by atomic mass is 10.2.